The number of amides is 2. The van der Waals surface area contributed by atoms with E-state index in [2.05, 4.69) is 10.1 Å². The van der Waals surface area contributed by atoms with E-state index >= 15 is 0 Å². The fourth-order valence-corrected chi connectivity index (χ4v) is 0.220. The average Bonchev–Trinajstić information content (AvgIpc) is 1.27. The lowest BCUT2D eigenvalue weighted by Crippen LogP contribution is -2.02. The molecule has 0 heterocycles. The molecule has 0 fully saturated rings. The summed E-state index contributed by atoms with van der Waals surface area (Å²) in [7, 11) is -2.70. The number of hydrogen-bond donors (Lipinski definition) is 1. The quantitative estimate of drug-likeness (QED) is 0.500. The Bertz CT molecular complexity index is 183. The lowest BCUT2D eigenvalue weighted by atomic mass is 11.2. The average molecular weight is 156 g/mol. The van der Waals surface area contributed by atoms with Gasteiger partial charge in [0.1, 0.15) is 0 Å². The molecule has 0 aliphatic heterocycles. The Hall–Kier alpha value is -0.560. The predicted molar refractivity (Wildman–Crippen MR) is 31.3 cm³/mol. The zero-order valence-electron chi connectivity index (χ0n) is 3.66. The van der Waals surface area contributed by atoms with E-state index < -0.39 is 16.5 Å². The number of hydrogen-bond acceptors (Lipinski definition) is 3. The topological polar surface area (TPSA) is 89.6 Å². The SMILES string of the molecule is NC(=O)N=S(=O)=O.S. The molecule has 8 heavy (non-hydrogen) atoms. The molecule has 0 aliphatic carbocycles. The predicted octanol–water partition coefficient (Wildman–Crippen LogP) is -0.759. The minimum Gasteiger partial charge on any atom is -0.349 e. The van der Waals surface area contributed by atoms with Gasteiger partial charge in [-0.15, -0.1) is 0 Å². The van der Waals surface area contributed by atoms with Gasteiger partial charge >= 0.3 is 16.5 Å². The minimum absolute atomic E-state index is 0. The Kier molecular flexibility index (Phi) is 5.99. The normalized spacial score (nSPS) is 6.50. The van der Waals surface area contributed by atoms with Crippen molar-refractivity contribution in [1.29, 1.82) is 0 Å². The Morgan fingerprint density at radius 3 is 1.88 bits per heavy atom. The maximum absolute atomic E-state index is 9.47. The number of primary amides is 1. The zero-order valence-corrected chi connectivity index (χ0v) is 5.47. The van der Waals surface area contributed by atoms with Gasteiger partial charge in [-0.3, -0.25) is 0 Å². The van der Waals surface area contributed by atoms with Crippen molar-refractivity contribution in [3.8, 4) is 0 Å². The molecule has 0 unspecified atom stereocenters. The van der Waals surface area contributed by atoms with Gasteiger partial charge in [-0.2, -0.15) is 21.9 Å². The molecule has 0 rings (SSSR count). The number of rotatable bonds is 0. The van der Waals surface area contributed by atoms with Crippen LogP contribution in [0.2, 0.25) is 0 Å². The van der Waals surface area contributed by atoms with E-state index in [1.807, 2.05) is 0 Å². The monoisotopic (exact) mass is 156 g/mol. The van der Waals surface area contributed by atoms with Crippen LogP contribution < -0.4 is 5.73 Å². The second-order valence-electron chi connectivity index (χ2n) is 0.647. The summed E-state index contributed by atoms with van der Waals surface area (Å²) in [6.07, 6.45) is 0. The first-order chi connectivity index (χ1) is 3.13. The summed E-state index contributed by atoms with van der Waals surface area (Å²) in [5, 5.41) is 0. The van der Waals surface area contributed by atoms with Gasteiger partial charge < -0.3 is 5.73 Å². The molecule has 7 heteroatoms. The van der Waals surface area contributed by atoms with Crippen LogP contribution >= 0.6 is 13.5 Å². The molecular weight excluding hydrogens is 152 g/mol. The van der Waals surface area contributed by atoms with Gasteiger partial charge in [0.25, 0.3) is 0 Å². The van der Waals surface area contributed by atoms with E-state index in [0.29, 0.717) is 0 Å². The van der Waals surface area contributed by atoms with Crippen molar-refractivity contribution in [3.63, 3.8) is 0 Å². The van der Waals surface area contributed by atoms with Gasteiger partial charge in [-0.25, -0.2) is 4.79 Å². The summed E-state index contributed by atoms with van der Waals surface area (Å²) in [4.78, 5) is 9.47. The number of nitrogens with zero attached hydrogens (tertiary/aromatic N) is 1. The molecular formula is CH4N2O3S2. The standard InChI is InChI=1S/CH2N2O3S.H2S/c2-1(4)3-7(5)6;/h(H2,2,4);1H2. The third kappa shape index (κ3) is 9.06. The molecule has 0 aromatic carbocycles. The number of urea groups is 1. The summed E-state index contributed by atoms with van der Waals surface area (Å²) in [5.41, 5.74) is 4.29. The highest BCUT2D eigenvalue weighted by Crippen LogP contribution is 1.60. The summed E-state index contributed by atoms with van der Waals surface area (Å²) in [6.45, 7) is 0. The highest BCUT2D eigenvalue weighted by atomic mass is 32.2. The van der Waals surface area contributed by atoms with Crippen LogP contribution in [0.25, 0.3) is 0 Å². The third-order valence-electron chi connectivity index (χ3n) is 0.165. The maximum atomic E-state index is 9.47. The van der Waals surface area contributed by atoms with Gasteiger partial charge in [-0.05, 0) is 0 Å². The molecule has 5 nitrogen and oxygen atoms in total. The van der Waals surface area contributed by atoms with E-state index in [1.54, 1.807) is 0 Å². The van der Waals surface area contributed by atoms with Crippen molar-refractivity contribution in [1.82, 2.24) is 0 Å². The van der Waals surface area contributed by atoms with E-state index in [4.69, 9.17) is 0 Å². The van der Waals surface area contributed by atoms with Crippen molar-refractivity contribution in [2.24, 2.45) is 10.1 Å². The van der Waals surface area contributed by atoms with Crippen LogP contribution in [-0.2, 0) is 10.5 Å². The summed E-state index contributed by atoms with van der Waals surface area (Å²) in [5.74, 6) is 0. The highest BCUT2D eigenvalue weighted by molar-refractivity contribution is 7.62. The van der Waals surface area contributed by atoms with Crippen molar-refractivity contribution in [2.75, 3.05) is 0 Å². The van der Waals surface area contributed by atoms with E-state index in [0.717, 1.165) is 0 Å². The number of carbonyl (C=O) groups excluding carboxylic acids is 1. The second kappa shape index (κ2) is 4.60. The molecule has 0 saturated carbocycles. The molecule has 0 saturated heterocycles. The van der Waals surface area contributed by atoms with Crippen LogP contribution in [0.4, 0.5) is 4.79 Å². The minimum atomic E-state index is -2.70. The summed E-state index contributed by atoms with van der Waals surface area (Å²) >= 11 is 0. The van der Waals surface area contributed by atoms with Crippen LogP contribution in [0.15, 0.2) is 4.36 Å². The molecule has 0 aliphatic rings. The third-order valence-corrected chi connectivity index (χ3v) is 0.494. The smallest absolute Gasteiger partial charge is 0.349 e. The first-order valence-corrected chi connectivity index (χ1v) is 2.26. The van der Waals surface area contributed by atoms with Gasteiger partial charge in [-0.1, -0.05) is 4.36 Å². The first kappa shape index (κ1) is 10.4. The Morgan fingerprint density at radius 2 is 1.88 bits per heavy atom. The molecule has 0 aromatic rings. The number of carbonyl (C=O) groups is 1. The molecule has 48 valence electrons. The Labute approximate surface area is 54.0 Å². The van der Waals surface area contributed by atoms with Crippen LogP contribution in [0.1, 0.15) is 0 Å². The van der Waals surface area contributed by atoms with Gasteiger partial charge in [0.15, 0.2) is 0 Å². The maximum Gasteiger partial charge on any atom is 0.353 e. The molecule has 0 spiro atoms. The molecule has 2 N–H and O–H groups in total. The Balaban J connectivity index is 0. The highest BCUT2D eigenvalue weighted by Gasteiger charge is 1.80. The van der Waals surface area contributed by atoms with Crippen LogP contribution in [0, 0.1) is 0 Å². The molecule has 0 radical (unpaired) electrons. The van der Waals surface area contributed by atoms with Crippen molar-refractivity contribution < 1.29 is 13.2 Å². The molecule has 0 bridgehead atoms. The number of nitrogens with two attached hydrogens (primary N) is 1. The largest absolute Gasteiger partial charge is 0.353 e. The second-order valence-corrected chi connectivity index (χ2v) is 1.26. The summed E-state index contributed by atoms with van der Waals surface area (Å²) in [6, 6.07) is -1.20. The van der Waals surface area contributed by atoms with Crippen molar-refractivity contribution >= 4 is 30.0 Å². The lowest BCUT2D eigenvalue weighted by Gasteiger charge is -1.64. The Morgan fingerprint density at radius 1 is 1.50 bits per heavy atom. The molecule has 0 aromatic heterocycles. The molecule has 2 amide bonds. The van der Waals surface area contributed by atoms with Crippen LogP contribution in [0.5, 0.6) is 0 Å². The van der Waals surface area contributed by atoms with E-state index in [-0.39, 0.29) is 13.5 Å². The van der Waals surface area contributed by atoms with Crippen molar-refractivity contribution in [3.05, 3.63) is 0 Å². The molecule has 0 atom stereocenters. The fraction of sp³-hybridized carbons (Fsp3) is 0. The van der Waals surface area contributed by atoms with E-state index in [1.165, 1.54) is 0 Å². The van der Waals surface area contributed by atoms with Gasteiger partial charge in [0, 0.05) is 0 Å². The summed E-state index contributed by atoms with van der Waals surface area (Å²) < 4.78 is 21.0. The van der Waals surface area contributed by atoms with Gasteiger partial charge in [0.2, 0.25) is 0 Å². The van der Waals surface area contributed by atoms with E-state index in [9.17, 15) is 13.2 Å². The fourth-order valence-electron chi connectivity index (χ4n) is 0.0735. The first-order valence-electron chi connectivity index (χ1n) is 1.23. The van der Waals surface area contributed by atoms with Crippen molar-refractivity contribution in [2.45, 2.75) is 0 Å². The van der Waals surface area contributed by atoms with Gasteiger partial charge in [0.05, 0.1) is 0 Å². The lowest BCUT2D eigenvalue weighted by molar-refractivity contribution is 0.257. The van der Waals surface area contributed by atoms with Crippen LogP contribution in [-0.4, -0.2) is 14.4 Å². The van der Waals surface area contributed by atoms with Crippen LogP contribution in [0.3, 0.4) is 0 Å². The zero-order chi connectivity index (χ0) is 5.86.